The summed E-state index contributed by atoms with van der Waals surface area (Å²) >= 11 is 0. The molecule has 1 unspecified atom stereocenters. The Balaban J connectivity index is 5.58. The van der Waals surface area contributed by atoms with E-state index in [1.165, 1.54) is 34.6 Å². The van der Waals surface area contributed by atoms with Crippen LogP contribution in [0.1, 0.15) is 34.6 Å². The minimum Gasteiger partial charge on any atom is -0.170 e. The molecule has 0 aliphatic rings. The molecule has 0 radical (unpaired) electrons. The highest BCUT2D eigenvalue weighted by atomic mass is 19.4. The monoisotopic (exact) mass is 264 g/mol. The van der Waals surface area contributed by atoms with E-state index in [0.717, 1.165) is 0 Å². The third-order valence-electron chi connectivity index (χ3n) is 2.78. The molecule has 0 aromatic heterocycles. The van der Waals surface area contributed by atoms with Crippen molar-refractivity contribution in [1.82, 2.24) is 0 Å². The molecule has 104 valence electrons. The second-order valence-corrected chi connectivity index (χ2v) is 5.70. The summed E-state index contributed by atoms with van der Waals surface area (Å²) in [5.41, 5.74) is -1.07. The molecule has 0 heterocycles. The normalized spacial score (nSPS) is 16.8. The maximum atomic E-state index is 12.6. The molecule has 0 amide bonds. The van der Waals surface area contributed by atoms with Crippen LogP contribution in [0, 0.1) is 23.2 Å². The van der Waals surface area contributed by atoms with Gasteiger partial charge in [0.2, 0.25) is 0 Å². The molecule has 0 aromatic rings. The Labute approximate surface area is 97.4 Å². The van der Waals surface area contributed by atoms with Gasteiger partial charge in [-0.3, -0.25) is 0 Å². The third-order valence-corrected chi connectivity index (χ3v) is 2.78. The van der Waals surface area contributed by atoms with Crippen molar-refractivity contribution in [2.24, 2.45) is 23.2 Å². The van der Waals surface area contributed by atoms with Gasteiger partial charge in [0.1, 0.15) is 0 Å². The quantitative estimate of drug-likeness (QED) is 0.612. The number of halogens is 6. The lowest BCUT2D eigenvalue weighted by Gasteiger charge is -2.41. The minimum atomic E-state index is -5.26. The smallest absolute Gasteiger partial charge is 0.170 e. The number of rotatable bonds is 2. The van der Waals surface area contributed by atoms with Crippen molar-refractivity contribution >= 4 is 0 Å². The lowest BCUT2D eigenvalue weighted by molar-refractivity contribution is -0.311. The van der Waals surface area contributed by atoms with Gasteiger partial charge in [-0.25, -0.2) is 0 Å². The Bertz CT molecular complexity index is 228. The van der Waals surface area contributed by atoms with Gasteiger partial charge in [0.05, 0.1) is 0 Å². The summed E-state index contributed by atoms with van der Waals surface area (Å²) in [4.78, 5) is 0. The van der Waals surface area contributed by atoms with Gasteiger partial charge >= 0.3 is 12.4 Å². The van der Waals surface area contributed by atoms with Crippen molar-refractivity contribution in [2.75, 3.05) is 0 Å². The Kier molecular flexibility index (Phi) is 4.57. The number of hydrogen-bond acceptors (Lipinski definition) is 0. The summed E-state index contributed by atoms with van der Waals surface area (Å²) in [5, 5.41) is 0. The summed E-state index contributed by atoms with van der Waals surface area (Å²) in [6.07, 6.45) is -10.5. The zero-order valence-electron chi connectivity index (χ0n) is 10.5. The average molecular weight is 264 g/mol. The van der Waals surface area contributed by atoms with Gasteiger partial charge in [0, 0.05) is 0 Å². The number of alkyl halides is 6. The van der Waals surface area contributed by atoms with E-state index in [1.807, 2.05) is 0 Å². The fourth-order valence-electron chi connectivity index (χ4n) is 2.48. The molecular formula is C11H18F6. The molecule has 0 bridgehead atoms. The molecule has 0 fully saturated rings. The van der Waals surface area contributed by atoms with Crippen LogP contribution in [-0.4, -0.2) is 12.4 Å². The van der Waals surface area contributed by atoms with Crippen LogP contribution in [0.5, 0.6) is 0 Å². The second kappa shape index (κ2) is 4.69. The molecule has 1 atom stereocenters. The fraction of sp³-hybridized carbons (Fsp3) is 1.00. The molecule has 0 N–H and O–H groups in total. The van der Waals surface area contributed by atoms with Crippen LogP contribution in [0.15, 0.2) is 0 Å². The standard InChI is InChI=1S/C11H18F6/c1-6(2)7(9(3,4)5)8(10(12,13)14)11(15,16)17/h6-8H,1-5H3. The first-order chi connectivity index (χ1) is 7.19. The Morgan fingerprint density at radius 1 is 0.706 bits per heavy atom. The van der Waals surface area contributed by atoms with Crippen molar-refractivity contribution in [3.63, 3.8) is 0 Å². The molecule has 17 heavy (non-hydrogen) atoms. The van der Waals surface area contributed by atoms with Crippen LogP contribution in [0.25, 0.3) is 0 Å². The highest BCUT2D eigenvalue weighted by molar-refractivity contribution is 4.90. The molecule has 0 aromatic carbocycles. The zero-order chi connectivity index (χ0) is 14.2. The summed E-state index contributed by atoms with van der Waals surface area (Å²) < 4.78 is 75.8. The van der Waals surface area contributed by atoms with E-state index in [9.17, 15) is 26.3 Å². The van der Waals surface area contributed by atoms with Crippen LogP contribution in [0.4, 0.5) is 26.3 Å². The van der Waals surface area contributed by atoms with E-state index in [4.69, 9.17) is 0 Å². The van der Waals surface area contributed by atoms with Gasteiger partial charge in [-0.1, -0.05) is 34.6 Å². The van der Waals surface area contributed by atoms with E-state index >= 15 is 0 Å². The summed E-state index contributed by atoms with van der Waals surface area (Å²) in [6.45, 7) is 6.99. The molecule has 0 aliphatic heterocycles. The summed E-state index contributed by atoms with van der Waals surface area (Å²) in [5.74, 6) is -5.47. The molecule has 0 saturated carbocycles. The Morgan fingerprint density at radius 2 is 1.00 bits per heavy atom. The van der Waals surface area contributed by atoms with E-state index in [-0.39, 0.29) is 0 Å². The van der Waals surface area contributed by atoms with Crippen LogP contribution in [0.2, 0.25) is 0 Å². The molecule has 0 rings (SSSR count). The van der Waals surface area contributed by atoms with Gasteiger partial charge in [0.25, 0.3) is 0 Å². The van der Waals surface area contributed by atoms with E-state index in [1.54, 1.807) is 0 Å². The predicted molar refractivity (Wildman–Crippen MR) is 53.4 cm³/mol. The fourth-order valence-corrected chi connectivity index (χ4v) is 2.48. The molecule has 0 spiro atoms. The minimum absolute atomic E-state index is 0.705. The van der Waals surface area contributed by atoms with Crippen molar-refractivity contribution in [2.45, 2.75) is 47.0 Å². The third kappa shape index (κ3) is 4.39. The van der Waals surface area contributed by atoms with E-state index in [0.29, 0.717) is 0 Å². The molecule has 6 heteroatoms. The van der Waals surface area contributed by atoms with Gasteiger partial charge in [0.15, 0.2) is 5.92 Å². The number of hydrogen-bond donors (Lipinski definition) is 0. The van der Waals surface area contributed by atoms with Crippen molar-refractivity contribution in [3.8, 4) is 0 Å². The molecule has 0 aliphatic carbocycles. The summed E-state index contributed by atoms with van der Waals surface area (Å²) in [7, 11) is 0. The Hall–Kier alpha value is -0.420. The Morgan fingerprint density at radius 3 is 1.06 bits per heavy atom. The maximum Gasteiger partial charge on any atom is 0.400 e. The van der Waals surface area contributed by atoms with Crippen molar-refractivity contribution in [1.29, 1.82) is 0 Å². The van der Waals surface area contributed by atoms with E-state index in [2.05, 4.69) is 0 Å². The largest absolute Gasteiger partial charge is 0.400 e. The first-order valence-electron chi connectivity index (χ1n) is 5.32. The SMILES string of the molecule is CC(C)C(C(C(F)(F)F)C(F)(F)F)C(C)(C)C. The average Bonchev–Trinajstić information content (AvgIpc) is 1.91. The van der Waals surface area contributed by atoms with Gasteiger partial charge in [-0.2, -0.15) is 26.3 Å². The van der Waals surface area contributed by atoms with E-state index < -0.39 is 35.5 Å². The van der Waals surface area contributed by atoms with Gasteiger partial charge in [-0.15, -0.1) is 0 Å². The van der Waals surface area contributed by atoms with Crippen LogP contribution in [-0.2, 0) is 0 Å². The van der Waals surface area contributed by atoms with Crippen LogP contribution < -0.4 is 0 Å². The maximum absolute atomic E-state index is 12.6. The lowest BCUT2D eigenvalue weighted by atomic mass is 9.67. The highest BCUT2D eigenvalue weighted by Crippen LogP contribution is 2.51. The predicted octanol–water partition coefficient (Wildman–Crippen LogP) is 5.05. The van der Waals surface area contributed by atoms with Gasteiger partial charge < -0.3 is 0 Å². The molecular weight excluding hydrogens is 246 g/mol. The van der Waals surface area contributed by atoms with Crippen LogP contribution >= 0.6 is 0 Å². The van der Waals surface area contributed by atoms with Crippen molar-refractivity contribution < 1.29 is 26.3 Å². The highest BCUT2D eigenvalue weighted by Gasteiger charge is 2.62. The molecule has 0 nitrogen and oxygen atoms in total. The first-order valence-corrected chi connectivity index (χ1v) is 5.32. The first kappa shape index (κ1) is 16.6. The lowest BCUT2D eigenvalue weighted by Crippen LogP contribution is -2.48. The zero-order valence-corrected chi connectivity index (χ0v) is 10.5. The van der Waals surface area contributed by atoms with Gasteiger partial charge in [-0.05, 0) is 17.3 Å². The summed E-state index contributed by atoms with van der Waals surface area (Å²) in [6, 6.07) is 0. The van der Waals surface area contributed by atoms with Crippen LogP contribution in [0.3, 0.4) is 0 Å². The topological polar surface area (TPSA) is 0 Å². The van der Waals surface area contributed by atoms with Crippen molar-refractivity contribution in [3.05, 3.63) is 0 Å². The second-order valence-electron chi connectivity index (χ2n) is 5.70. The molecule has 0 saturated heterocycles.